The molecule has 1 aliphatic carbocycles. The van der Waals surface area contributed by atoms with Gasteiger partial charge in [-0.05, 0) is 49.3 Å². The molecule has 0 spiro atoms. The van der Waals surface area contributed by atoms with Crippen molar-refractivity contribution in [1.29, 1.82) is 0 Å². The van der Waals surface area contributed by atoms with Crippen LogP contribution in [-0.2, 0) is 11.2 Å². The van der Waals surface area contributed by atoms with Crippen molar-refractivity contribution < 1.29 is 4.79 Å². The Balaban J connectivity index is 1.64. The summed E-state index contributed by atoms with van der Waals surface area (Å²) in [4.78, 5) is 14.6. The molecule has 1 aromatic carbocycles. The van der Waals surface area contributed by atoms with Crippen LogP contribution in [0.4, 0.5) is 11.4 Å². The molecule has 120 valence electrons. The summed E-state index contributed by atoms with van der Waals surface area (Å²) in [5.41, 5.74) is 9.26. The third kappa shape index (κ3) is 3.21. The second kappa shape index (κ2) is 6.59. The molecule has 4 heteroatoms. The van der Waals surface area contributed by atoms with E-state index in [4.69, 9.17) is 5.73 Å². The van der Waals surface area contributed by atoms with Gasteiger partial charge in [0.1, 0.15) is 0 Å². The number of anilines is 2. The van der Waals surface area contributed by atoms with Crippen molar-refractivity contribution in [2.24, 2.45) is 5.92 Å². The third-order valence-corrected chi connectivity index (χ3v) is 5.18. The number of carbonyl (C=O) groups excluding carboxylic acids is 1. The van der Waals surface area contributed by atoms with Crippen molar-refractivity contribution in [1.82, 2.24) is 5.32 Å². The van der Waals surface area contributed by atoms with Gasteiger partial charge >= 0.3 is 0 Å². The number of nitrogens with one attached hydrogen (secondary N) is 1. The largest absolute Gasteiger partial charge is 0.398 e. The van der Waals surface area contributed by atoms with Crippen LogP contribution < -0.4 is 16.0 Å². The summed E-state index contributed by atoms with van der Waals surface area (Å²) in [5.74, 6) is 0.746. The fourth-order valence-electron chi connectivity index (χ4n) is 3.85. The summed E-state index contributed by atoms with van der Waals surface area (Å²) < 4.78 is 0. The topological polar surface area (TPSA) is 58.4 Å². The van der Waals surface area contributed by atoms with Crippen molar-refractivity contribution in [3.05, 3.63) is 23.8 Å². The highest BCUT2D eigenvalue weighted by Gasteiger charge is 2.25. The van der Waals surface area contributed by atoms with Gasteiger partial charge in [-0.15, -0.1) is 0 Å². The van der Waals surface area contributed by atoms with E-state index in [-0.39, 0.29) is 5.91 Å². The van der Waals surface area contributed by atoms with Crippen LogP contribution in [0.15, 0.2) is 18.2 Å². The van der Waals surface area contributed by atoms with E-state index in [9.17, 15) is 4.79 Å². The SMILES string of the molecule is CC1CCCCC1NC(=O)CN1CCCc2c(N)cccc21. The molecule has 1 heterocycles. The second-order valence-electron chi connectivity index (χ2n) is 6.81. The number of nitrogen functional groups attached to an aromatic ring is 1. The molecule has 1 saturated carbocycles. The molecule has 3 N–H and O–H groups in total. The highest BCUT2D eigenvalue weighted by atomic mass is 16.2. The Bertz CT molecular complexity index is 543. The molecule has 1 aromatic rings. The lowest BCUT2D eigenvalue weighted by Crippen LogP contribution is -2.46. The molecule has 22 heavy (non-hydrogen) atoms. The number of fused-ring (bicyclic) bond motifs is 1. The van der Waals surface area contributed by atoms with E-state index < -0.39 is 0 Å². The van der Waals surface area contributed by atoms with Crippen molar-refractivity contribution in [2.75, 3.05) is 23.7 Å². The number of hydrogen-bond acceptors (Lipinski definition) is 3. The number of hydrogen-bond donors (Lipinski definition) is 2. The van der Waals surface area contributed by atoms with Gasteiger partial charge in [-0.1, -0.05) is 25.8 Å². The van der Waals surface area contributed by atoms with Gasteiger partial charge in [0.15, 0.2) is 0 Å². The summed E-state index contributed by atoms with van der Waals surface area (Å²) in [6, 6.07) is 6.37. The molecule has 3 rings (SSSR count). The molecular formula is C18H27N3O. The maximum atomic E-state index is 12.4. The van der Waals surface area contributed by atoms with E-state index >= 15 is 0 Å². The summed E-state index contributed by atoms with van der Waals surface area (Å²) in [7, 11) is 0. The zero-order chi connectivity index (χ0) is 15.5. The van der Waals surface area contributed by atoms with E-state index in [1.165, 1.54) is 24.8 Å². The number of nitrogens with zero attached hydrogens (tertiary/aromatic N) is 1. The number of benzene rings is 1. The lowest BCUT2D eigenvalue weighted by molar-refractivity contribution is -0.121. The molecule has 2 unspecified atom stereocenters. The quantitative estimate of drug-likeness (QED) is 0.844. The van der Waals surface area contributed by atoms with Crippen LogP contribution in [0.25, 0.3) is 0 Å². The van der Waals surface area contributed by atoms with Crippen LogP contribution in [0.3, 0.4) is 0 Å². The fraction of sp³-hybridized carbons (Fsp3) is 0.611. The molecule has 0 saturated heterocycles. The van der Waals surface area contributed by atoms with E-state index in [2.05, 4.69) is 23.2 Å². The van der Waals surface area contributed by atoms with Gasteiger partial charge in [0, 0.05) is 24.0 Å². The predicted octanol–water partition coefficient (Wildman–Crippen LogP) is 2.72. The Morgan fingerprint density at radius 3 is 2.95 bits per heavy atom. The Morgan fingerprint density at radius 2 is 2.14 bits per heavy atom. The standard InChI is InChI=1S/C18H27N3O/c1-13-6-2-3-9-16(13)20-18(22)12-21-11-5-7-14-15(19)8-4-10-17(14)21/h4,8,10,13,16H,2-3,5-7,9,11-12,19H2,1H3,(H,20,22). The summed E-state index contributed by atoms with van der Waals surface area (Å²) >= 11 is 0. The zero-order valence-corrected chi connectivity index (χ0v) is 13.5. The molecular weight excluding hydrogens is 274 g/mol. The van der Waals surface area contributed by atoms with Gasteiger partial charge in [0.05, 0.1) is 6.54 Å². The number of nitrogens with two attached hydrogens (primary N) is 1. The molecule has 2 aliphatic rings. The lowest BCUT2D eigenvalue weighted by atomic mass is 9.86. The molecule has 0 radical (unpaired) electrons. The van der Waals surface area contributed by atoms with Crippen LogP contribution >= 0.6 is 0 Å². The second-order valence-corrected chi connectivity index (χ2v) is 6.81. The highest BCUT2D eigenvalue weighted by molar-refractivity contribution is 5.83. The Morgan fingerprint density at radius 1 is 1.32 bits per heavy atom. The number of amides is 1. The fourth-order valence-corrected chi connectivity index (χ4v) is 3.85. The zero-order valence-electron chi connectivity index (χ0n) is 13.5. The Labute approximate surface area is 133 Å². The number of carbonyl (C=O) groups is 1. The molecule has 4 nitrogen and oxygen atoms in total. The summed E-state index contributed by atoms with van der Waals surface area (Å²) in [6.07, 6.45) is 6.96. The average molecular weight is 301 g/mol. The van der Waals surface area contributed by atoms with E-state index in [0.717, 1.165) is 37.2 Å². The van der Waals surface area contributed by atoms with Crippen molar-refractivity contribution in [2.45, 2.75) is 51.5 Å². The van der Waals surface area contributed by atoms with Crippen LogP contribution in [0.5, 0.6) is 0 Å². The van der Waals surface area contributed by atoms with Crippen LogP contribution in [0, 0.1) is 5.92 Å². The highest BCUT2D eigenvalue weighted by Crippen LogP contribution is 2.31. The Kier molecular flexibility index (Phi) is 4.55. The molecule has 1 amide bonds. The number of rotatable bonds is 3. The van der Waals surface area contributed by atoms with Gasteiger partial charge < -0.3 is 16.0 Å². The molecule has 0 bridgehead atoms. The smallest absolute Gasteiger partial charge is 0.239 e. The van der Waals surface area contributed by atoms with Crippen molar-refractivity contribution >= 4 is 17.3 Å². The molecule has 1 aliphatic heterocycles. The maximum Gasteiger partial charge on any atom is 0.239 e. The van der Waals surface area contributed by atoms with Crippen molar-refractivity contribution in [3.8, 4) is 0 Å². The predicted molar refractivity (Wildman–Crippen MR) is 91.0 cm³/mol. The summed E-state index contributed by atoms with van der Waals surface area (Å²) in [5, 5.41) is 3.25. The van der Waals surface area contributed by atoms with E-state index in [1.807, 2.05) is 12.1 Å². The minimum absolute atomic E-state index is 0.147. The van der Waals surface area contributed by atoms with Gasteiger partial charge in [0.25, 0.3) is 0 Å². The molecule has 1 fully saturated rings. The maximum absolute atomic E-state index is 12.4. The minimum Gasteiger partial charge on any atom is -0.398 e. The first-order valence-electron chi connectivity index (χ1n) is 8.57. The van der Waals surface area contributed by atoms with Gasteiger partial charge in [-0.3, -0.25) is 4.79 Å². The van der Waals surface area contributed by atoms with Crippen LogP contribution in [-0.4, -0.2) is 25.0 Å². The lowest BCUT2D eigenvalue weighted by Gasteiger charge is -2.33. The summed E-state index contributed by atoms with van der Waals surface area (Å²) in [6.45, 7) is 3.63. The first-order chi connectivity index (χ1) is 10.6. The van der Waals surface area contributed by atoms with Crippen LogP contribution in [0.2, 0.25) is 0 Å². The normalized spacial score (nSPS) is 24.7. The molecule has 2 atom stereocenters. The van der Waals surface area contributed by atoms with Crippen molar-refractivity contribution in [3.63, 3.8) is 0 Å². The van der Waals surface area contributed by atoms with Crippen LogP contribution in [0.1, 0.15) is 44.6 Å². The van der Waals surface area contributed by atoms with E-state index in [1.54, 1.807) is 0 Å². The monoisotopic (exact) mass is 301 g/mol. The third-order valence-electron chi connectivity index (χ3n) is 5.18. The first kappa shape index (κ1) is 15.2. The van der Waals surface area contributed by atoms with Gasteiger partial charge in [-0.2, -0.15) is 0 Å². The first-order valence-corrected chi connectivity index (χ1v) is 8.57. The minimum atomic E-state index is 0.147. The molecule has 0 aromatic heterocycles. The van der Waals surface area contributed by atoms with Gasteiger partial charge in [0.2, 0.25) is 5.91 Å². The van der Waals surface area contributed by atoms with Gasteiger partial charge in [-0.25, -0.2) is 0 Å². The average Bonchev–Trinajstić information content (AvgIpc) is 2.51. The van der Waals surface area contributed by atoms with E-state index in [0.29, 0.717) is 18.5 Å². The Hall–Kier alpha value is -1.71.